The van der Waals surface area contributed by atoms with E-state index in [0.717, 1.165) is 61.7 Å². The minimum atomic E-state index is -0.903. The van der Waals surface area contributed by atoms with Crippen molar-refractivity contribution < 1.29 is 13.6 Å². The lowest BCUT2D eigenvalue weighted by Gasteiger charge is -2.31. The number of thioether (sulfide) groups is 1. The zero-order valence-electron chi connectivity index (χ0n) is 19.0. The Morgan fingerprint density at radius 1 is 1.24 bits per heavy atom. The van der Waals surface area contributed by atoms with Crippen molar-refractivity contribution in [2.45, 2.75) is 25.3 Å². The number of aromatic nitrogens is 1. The number of halogens is 2. The molecule has 1 aliphatic rings. The molecule has 2 aromatic rings. The fourth-order valence-electron chi connectivity index (χ4n) is 3.39. The first kappa shape index (κ1) is 26.2. The van der Waals surface area contributed by atoms with Gasteiger partial charge in [0.25, 0.3) is 0 Å². The van der Waals surface area contributed by atoms with E-state index in [1.54, 1.807) is 0 Å². The number of thiazole rings is 1. The van der Waals surface area contributed by atoms with Crippen LogP contribution in [0.15, 0.2) is 18.2 Å². The maximum atomic E-state index is 14.0. The fourth-order valence-corrected chi connectivity index (χ4v) is 6.53. The fraction of sp³-hybridized carbons (Fsp3) is 0.545. The Kier molecular flexibility index (Phi) is 10.2. The summed E-state index contributed by atoms with van der Waals surface area (Å²) in [6.07, 6.45) is 3.11. The van der Waals surface area contributed by atoms with Crippen LogP contribution in [0.1, 0.15) is 34.5 Å². The maximum Gasteiger partial charge on any atom is 0.212 e. The lowest BCUT2D eigenvalue weighted by atomic mass is 10.1. The number of piperidine rings is 1. The summed E-state index contributed by atoms with van der Waals surface area (Å²) in [5, 5.41) is 3.85. The van der Waals surface area contributed by atoms with Crippen LogP contribution in [0.5, 0.6) is 0 Å². The summed E-state index contributed by atoms with van der Waals surface area (Å²) in [6, 6.07) is 3.56. The lowest BCUT2D eigenvalue weighted by molar-refractivity contribution is 0.103. The average Bonchev–Trinajstić information content (AvgIpc) is 3.13. The Morgan fingerprint density at radius 3 is 2.61 bits per heavy atom. The molecule has 0 unspecified atom stereocenters. The predicted molar refractivity (Wildman–Crippen MR) is 137 cm³/mol. The summed E-state index contributed by atoms with van der Waals surface area (Å²) >= 11 is 4.97. The molecule has 0 spiro atoms. The molecular formula is C22H31F2N5OS3. The second-order valence-corrected chi connectivity index (χ2v) is 11.5. The van der Waals surface area contributed by atoms with E-state index in [2.05, 4.69) is 33.6 Å². The maximum absolute atomic E-state index is 14.0. The van der Waals surface area contributed by atoms with Crippen molar-refractivity contribution in [1.29, 1.82) is 0 Å². The number of hydrogen-bond acceptors (Lipinski definition) is 9. The van der Waals surface area contributed by atoms with Crippen LogP contribution in [0.4, 0.5) is 19.7 Å². The largest absolute Gasteiger partial charge is 0.382 e. The van der Waals surface area contributed by atoms with Crippen molar-refractivity contribution >= 4 is 51.8 Å². The Morgan fingerprint density at radius 2 is 1.94 bits per heavy atom. The number of hydrogen-bond donors (Lipinski definition) is 2. The van der Waals surface area contributed by atoms with Gasteiger partial charge >= 0.3 is 0 Å². The van der Waals surface area contributed by atoms with Crippen molar-refractivity contribution in [3.05, 3.63) is 40.3 Å². The lowest BCUT2D eigenvalue weighted by Crippen LogP contribution is -2.35. The molecule has 0 aliphatic carbocycles. The third kappa shape index (κ3) is 7.81. The highest BCUT2D eigenvalue weighted by atomic mass is 32.2. The van der Waals surface area contributed by atoms with Crippen molar-refractivity contribution in [3.63, 3.8) is 0 Å². The van der Waals surface area contributed by atoms with E-state index < -0.39 is 23.0 Å². The number of nitrogens with zero attached hydrogens (tertiary/aromatic N) is 3. The molecular weight excluding hydrogens is 484 g/mol. The third-order valence-corrected chi connectivity index (χ3v) is 8.47. The highest BCUT2D eigenvalue weighted by molar-refractivity contribution is 7.99. The van der Waals surface area contributed by atoms with Gasteiger partial charge in [0, 0.05) is 37.2 Å². The number of carbonyl (C=O) groups is 1. The molecule has 1 saturated heterocycles. The molecule has 1 aromatic carbocycles. The number of ketones is 1. The van der Waals surface area contributed by atoms with E-state index >= 15 is 0 Å². The monoisotopic (exact) mass is 515 g/mol. The van der Waals surface area contributed by atoms with Crippen LogP contribution in [-0.4, -0.2) is 77.0 Å². The zero-order valence-corrected chi connectivity index (χ0v) is 21.4. The summed E-state index contributed by atoms with van der Waals surface area (Å²) in [6.45, 7) is 3.07. The highest BCUT2D eigenvalue weighted by Gasteiger charge is 2.25. The van der Waals surface area contributed by atoms with Gasteiger partial charge in [-0.2, -0.15) is 11.8 Å². The van der Waals surface area contributed by atoms with Gasteiger partial charge in [0.2, 0.25) is 5.78 Å². The number of benzene rings is 1. The van der Waals surface area contributed by atoms with Crippen molar-refractivity contribution in [3.8, 4) is 0 Å². The smallest absolute Gasteiger partial charge is 0.212 e. The summed E-state index contributed by atoms with van der Waals surface area (Å²) in [5.74, 6) is 0.916. The summed E-state index contributed by atoms with van der Waals surface area (Å²) < 4.78 is 30.4. The van der Waals surface area contributed by atoms with Crippen LogP contribution in [0.2, 0.25) is 0 Å². The van der Waals surface area contributed by atoms with E-state index in [4.69, 9.17) is 5.73 Å². The first-order chi connectivity index (χ1) is 15.8. The van der Waals surface area contributed by atoms with E-state index in [0.29, 0.717) is 5.13 Å². The zero-order chi connectivity index (χ0) is 23.8. The number of nitrogens with two attached hydrogens (primary N) is 1. The van der Waals surface area contributed by atoms with Crippen LogP contribution in [-0.2, 0) is 0 Å². The molecule has 0 saturated carbocycles. The molecule has 0 atom stereocenters. The van der Waals surface area contributed by atoms with Gasteiger partial charge in [-0.25, -0.2) is 13.8 Å². The van der Waals surface area contributed by atoms with Gasteiger partial charge in [0.05, 0.1) is 5.56 Å². The van der Waals surface area contributed by atoms with E-state index in [1.807, 2.05) is 23.7 Å². The van der Waals surface area contributed by atoms with Crippen molar-refractivity contribution in [1.82, 2.24) is 14.2 Å². The summed E-state index contributed by atoms with van der Waals surface area (Å²) in [5.41, 5.74) is 5.30. The van der Waals surface area contributed by atoms with Crippen LogP contribution < -0.4 is 11.1 Å². The first-order valence-corrected chi connectivity index (χ1v) is 13.9. The molecule has 1 fully saturated rings. The normalized spacial score (nSPS) is 15.3. The molecule has 6 nitrogen and oxygen atoms in total. The van der Waals surface area contributed by atoms with Gasteiger partial charge in [-0.05, 0) is 51.2 Å². The highest BCUT2D eigenvalue weighted by Crippen LogP contribution is 2.31. The van der Waals surface area contributed by atoms with E-state index in [-0.39, 0.29) is 16.7 Å². The Labute approximate surface area is 206 Å². The van der Waals surface area contributed by atoms with Gasteiger partial charge in [0.1, 0.15) is 22.3 Å². The molecule has 0 radical (unpaired) electrons. The Hall–Kier alpha value is -1.40. The molecule has 3 N–H and O–H groups in total. The van der Waals surface area contributed by atoms with Gasteiger partial charge in [-0.1, -0.05) is 29.4 Å². The van der Waals surface area contributed by atoms with Gasteiger partial charge < -0.3 is 16.0 Å². The third-order valence-electron chi connectivity index (χ3n) is 5.22. The summed E-state index contributed by atoms with van der Waals surface area (Å²) in [4.78, 5) is 19.1. The standard InChI is InChI=1S/C22H31F2N5OS3/c1-28(2)11-14-31-12-4-13-32-29-9-7-15(8-10-29)26-22-27-21(25)20(33-22)19(30)18-16(23)5-3-6-17(18)24/h3,5-6,15H,4,7-14,25H2,1-2H3,(H,26,27). The second kappa shape index (κ2) is 12.9. The molecule has 182 valence electrons. The minimum Gasteiger partial charge on any atom is -0.382 e. The second-order valence-electron chi connectivity index (χ2n) is 8.11. The molecule has 11 heteroatoms. The topological polar surface area (TPSA) is 74.5 Å². The Bertz CT molecular complexity index is 899. The molecule has 0 amide bonds. The van der Waals surface area contributed by atoms with E-state index in [9.17, 15) is 13.6 Å². The van der Waals surface area contributed by atoms with Crippen LogP contribution in [0, 0.1) is 11.6 Å². The Balaban J connectivity index is 1.42. The average molecular weight is 516 g/mol. The SMILES string of the molecule is CN(C)CCSCCCSN1CCC(Nc2nc(N)c(C(=O)c3c(F)cccc3F)s2)CC1. The van der Waals surface area contributed by atoms with Gasteiger partial charge in [0.15, 0.2) is 5.13 Å². The molecule has 3 rings (SSSR count). The number of rotatable bonds is 12. The predicted octanol–water partition coefficient (Wildman–Crippen LogP) is 4.44. The molecule has 1 aliphatic heterocycles. The number of anilines is 2. The quantitative estimate of drug-likeness (QED) is 0.244. The van der Waals surface area contributed by atoms with Gasteiger partial charge in [-0.15, -0.1) is 0 Å². The van der Waals surface area contributed by atoms with Crippen LogP contribution in [0.3, 0.4) is 0 Å². The molecule has 0 bridgehead atoms. The number of nitrogens with one attached hydrogen (secondary N) is 1. The van der Waals surface area contributed by atoms with Crippen molar-refractivity contribution in [2.75, 3.05) is 62.0 Å². The molecule has 1 aromatic heterocycles. The number of nitrogen functional groups attached to an aromatic ring is 1. The van der Waals surface area contributed by atoms with Crippen molar-refractivity contribution in [2.24, 2.45) is 0 Å². The minimum absolute atomic E-state index is 0.00778. The van der Waals surface area contributed by atoms with Crippen LogP contribution in [0.25, 0.3) is 0 Å². The first-order valence-electron chi connectivity index (χ1n) is 11.0. The van der Waals surface area contributed by atoms with Crippen LogP contribution >= 0.6 is 35.0 Å². The molecule has 2 heterocycles. The molecule has 33 heavy (non-hydrogen) atoms. The van der Waals surface area contributed by atoms with Gasteiger partial charge in [-0.3, -0.25) is 9.10 Å². The summed E-state index contributed by atoms with van der Waals surface area (Å²) in [7, 11) is 4.20. The number of carbonyl (C=O) groups excluding carboxylic acids is 1. The van der Waals surface area contributed by atoms with E-state index in [1.165, 1.54) is 24.0 Å².